The van der Waals surface area contributed by atoms with Gasteiger partial charge in [0, 0.05) is 48.1 Å². The minimum Gasteiger partial charge on any atom is -0.372 e. The summed E-state index contributed by atoms with van der Waals surface area (Å²) in [6.45, 7) is 10.9. The molecule has 5 rings (SSSR count). The van der Waals surface area contributed by atoms with Crippen molar-refractivity contribution in [2.24, 2.45) is 0 Å². The second-order valence-electron chi connectivity index (χ2n) is 10.2. The fourth-order valence-corrected chi connectivity index (χ4v) is 6.73. The van der Waals surface area contributed by atoms with Crippen molar-refractivity contribution in [3.8, 4) is 5.69 Å². The Morgan fingerprint density at radius 1 is 1.00 bits per heavy atom. The first-order chi connectivity index (χ1) is 17.5. The monoisotopic (exact) mass is 501 g/mol. The SMILES string of the molecule is CCN(CC)c1ccc(-n2c(C)cc([C@H]3[C@@H](c4ccccn4)NC(=S)N3C3CCCCC3)c2C)cc1. The van der Waals surface area contributed by atoms with Crippen LogP contribution in [0.2, 0.25) is 0 Å². The van der Waals surface area contributed by atoms with Crippen molar-refractivity contribution < 1.29 is 0 Å². The van der Waals surface area contributed by atoms with Gasteiger partial charge in [0.2, 0.25) is 0 Å². The lowest BCUT2D eigenvalue weighted by atomic mass is 9.90. The molecule has 3 heterocycles. The molecule has 0 spiro atoms. The third kappa shape index (κ3) is 4.52. The van der Waals surface area contributed by atoms with Crippen molar-refractivity contribution in [1.29, 1.82) is 0 Å². The molecule has 1 aliphatic carbocycles. The van der Waals surface area contributed by atoms with Gasteiger partial charge < -0.3 is 19.7 Å². The van der Waals surface area contributed by atoms with E-state index in [0.717, 1.165) is 23.9 Å². The Hall–Kier alpha value is -2.86. The number of benzene rings is 1. The van der Waals surface area contributed by atoms with Gasteiger partial charge >= 0.3 is 0 Å². The van der Waals surface area contributed by atoms with Crippen molar-refractivity contribution >= 4 is 23.0 Å². The molecule has 1 aliphatic heterocycles. The molecule has 0 radical (unpaired) electrons. The normalized spacial score (nSPS) is 20.6. The maximum atomic E-state index is 5.99. The maximum Gasteiger partial charge on any atom is 0.170 e. The summed E-state index contributed by atoms with van der Waals surface area (Å²) in [5.74, 6) is 0. The van der Waals surface area contributed by atoms with Gasteiger partial charge in [0.05, 0.1) is 17.8 Å². The Labute approximate surface area is 221 Å². The number of aromatic nitrogens is 2. The van der Waals surface area contributed by atoms with Crippen LogP contribution in [0, 0.1) is 13.8 Å². The highest BCUT2D eigenvalue weighted by atomic mass is 32.1. The molecule has 0 unspecified atom stereocenters. The van der Waals surface area contributed by atoms with Gasteiger partial charge in [0.1, 0.15) is 0 Å². The Bertz CT molecular complexity index is 1180. The van der Waals surface area contributed by atoms with Crippen LogP contribution in [-0.2, 0) is 0 Å². The van der Waals surface area contributed by atoms with Gasteiger partial charge in [-0.05, 0) is 101 Å². The number of hydrogen-bond donors (Lipinski definition) is 1. The van der Waals surface area contributed by atoms with Crippen LogP contribution in [0.5, 0.6) is 0 Å². The van der Waals surface area contributed by atoms with E-state index in [1.54, 1.807) is 0 Å². The van der Waals surface area contributed by atoms with Crippen molar-refractivity contribution in [1.82, 2.24) is 19.8 Å². The first kappa shape index (κ1) is 24.8. The summed E-state index contributed by atoms with van der Waals surface area (Å²) < 4.78 is 2.40. The van der Waals surface area contributed by atoms with Crippen LogP contribution < -0.4 is 10.2 Å². The summed E-state index contributed by atoms with van der Waals surface area (Å²) in [4.78, 5) is 9.65. The predicted molar refractivity (Wildman–Crippen MR) is 153 cm³/mol. The van der Waals surface area contributed by atoms with E-state index in [0.29, 0.717) is 6.04 Å². The van der Waals surface area contributed by atoms with E-state index in [9.17, 15) is 0 Å². The molecule has 1 N–H and O–H groups in total. The van der Waals surface area contributed by atoms with Crippen LogP contribution in [0.1, 0.15) is 80.7 Å². The number of nitrogens with one attached hydrogen (secondary N) is 1. The Balaban J connectivity index is 1.56. The zero-order valence-corrected chi connectivity index (χ0v) is 22.9. The molecule has 2 aliphatic rings. The fraction of sp³-hybridized carbons (Fsp3) is 0.467. The first-order valence-corrected chi connectivity index (χ1v) is 14.0. The van der Waals surface area contributed by atoms with Crippen LogP contribution in [0.3, 0.4) is 0 Å². The maximum absolute atomic E-state index is 5.99. The van der Waals surface area contributed by atoms with Gasteiger partial charge in [-0.1, -0.05) is 25.3 Å². The summed E-state index contributed by atoms with van der Waals surface area (Å²) in [5.41, 5.74) is 7.40. The molecule has 1 saturated carbocycles. The third-order valence-electron chi connectivity index (χ3n) is 8.13. The minimum absolute atomic E-state index is 0.0413. The van der Waals surface area contributed by atoms with Crippen molar-refractivity contribution in [2.75, 3.05) is 18.0 Å². The molecular formula is C30H39N5S. The van der Waals surface area contributed by atoms with E-state index in [1.165, 1.54) is 60.4 Å². The smallest absolute Gasteiger partial charge is 0.170 e. The standard InChI is InChI=1S/C30H39N5S/c1-5-33(6-2)23-15-17-25(18-16-23)34-21(3)20-26(22(34)4)29-28(27-14-10-11-19-31-27)32-30(36)35(29)24-12-8-7-9-13-24/h10-11,14-20,24,28-29H,5-9,12-13H2,1-4H3,(H,32,36)/t28-,29+/m1/s1. The van der Waals surface area contributed by atoms with Gasteiger partial charge in [-0.15, -0.1) is 0 Å². The summed E-state index contributed by atoms with van der Waals surface area (Å²) in [5, 5.41) is 4.55. The molecule has 5 nitrogen and oxygen atoms in total. The molecule has 36 heavy (non-hydrogen) atoms. The highest BCUT2D eigenvalue weighted by Gasteiger charge is 2.44. The zero-order valence-electron chi connectivity index (χ0n) is 22.1. The average Bonchev–Trinajstić information content (AvgIpc) is 3.41. The lowest BCUT2D eigenvalue weighted by molar-refractivity contribution is 0.197. The second kappa shape index (κ2) is 10.6. The molecule has 3 aromatic rings. The highest BCUT2D eigenvalue weighted by molar-refractivity contribution is 7.80. The second-order valence-corrected chi connectivity index (χ2v) is 10.6. The quantitative estimate of drug-likeness (QED) is 0.367. The molecule has 0 bridgehead atoms. The molecule has 2 fully saturated rings. The largest absolute Gasteiger partial charge is 0.372 e. The van der Waals surface area contributed by atoms with Crippen molar-refractivity contribution in [2.45, 2.75) is 77.9 Å². The molecule has 2 atom stereocenters. The molecule has 1 saturated heterocycles. The van der Waals surface area contributed by atoms with Gasteiger partial charge in [-0.3, -0.25) is 4.98 Å². The number of anilines is 1. The molecule has 0 amide bonds. The van der Waals surface area contributed by atoms with E-state index in [1.807, 2.05) is 12.3 Å². The number of pyridine rings is 1. The van der Waals surface area contributed by atoms with Gasteiger partial charge in [0.15, 0.2) is 5.11 Å². The number of rotatable bonds is 7. The molecule has 190 valence electrons. The van der Waals surface area contributed by atoms with Crippen LogP contribution in [0.25, 0.3) is 5.69 Å². The Kier molecular flexibility index (Phi) is 7.33. The van der Waals surface area contributed by atoms with E-state index in [-0.39, 0.29) is 12.1 Å². The van der Waals surface area contributed by atoms with Crippen molar-refractivity contribution in [3.63, 3.8) is 0 Å². The lowest BCUT2D eigenvalue weighted by Crippen LogP contribution is -2.40. The molecule has 1 aromatic carbocycles. The number of thiocarbonyl (C=S) groups is 1. The van der Waals surface area contributed by atoms with E-state index < -0.39 is 0 Å². The van der Waals surface area contributed by atoms with Crippen LogP contribution in [0.15, 0.2) is 54.7 Å². The summed E-state index contributed by atoms with van der Waals surface area (Å²) in [6, 6.07) is 18.2. The average molecular weight is 502 g/mol. The lowest BCUT2D eigenvalue weighted by Gasteiger charge is -2.37. The summed E-state index contributed by atoms with van der Waals surface area (Å²) >= 11 is 5.99. The molecule has 6 heteroatoms. The summed E-state index contributed by atoms with van der Waals surface area (Å²) in [6.07, 6.45) is 8.20. The predicted octanol–water partition coefficient (Wildman–Crippen LogP) is 6.64. The van der Waals surface area contributed by atoms with Crippen LogP contribution in [0.4, 0.5) is 5.69 Å². The van der Waals surface area contributed by atoms with Crippen molar-refractivity contribution in [3.05, 3.63) is 77.4 Å². The Morgan fingerprint density at radius 2 is 1.72 bits per heavy atom. The van der Waals surface area contributed by atoms with Crippen LogP contribution in [-0.4, -0.2) is 38.7 Å². The fourth-order valence-electron chi connectivity index (χ4n) is 6.34. The third-order valence-corrected chi connectivity index (χ3v) is 8.46. The van der Waals surface area contributed by atoms with Gasteiger partial charge in [0.25, 0.3) is 0 Å². The number of nitrogens with zero attached hydrogens (tertiary/aromatic N) is 4. The minimum atomic E-state index is 0.0413. The van der Waals surface area contributed by atoms with Gasteiger partial charge in [-0.25, -0.2) is 0 Å². The molecular weight excluding hydrogens is 462 g/mol. The zero-order chi connectivity index (χ0) is 25.2. The van der Waals surface area contributed by atoms with Crippen LogP contribution >= 0.6 is 12.2 Å². The molecule has 2 aromatic heterocycles. The Morgan fingerprint density at radius 3 is 2.36 bits per heavy atom. The van der Waals surface area contributed by atoms with E-state index >= 15 is 0 Å². The first-order valence-electron chi connectivity index (χ1n) is 13.6. The highest BCUT2D eigenvalue weighted by Crippen LogP contribution is 2.44. The van der Waals surface area contributed by atoms with E-state index in [2.05, 4.69) is 89.8 Å². The topological polar surface area (TPSA) is 36.3 Å². The van der Waals surface area contributed by atoms with Gasteiger partial charge in [-0.2, -0.15) is 0 Å². The summed E-state index contributed by atoms with van der Waals surface area (Å²) in [7, 11) is 0. The number of aryl methyl sites for hydroxylation is 1. The van der Waals surface area contributed by atoms with E-state index in [4.69, 9.17) is 17.2 Å². The number of hydrogen-bond acceptors (Lipinski definition) is 3.